The number of carbonyl (C=O) groups is 1. The van der Waals surface area contributed by atoms with Crippen LogP contribution in [0.3, 0.4) is 0 Å². The normalized spacial score (nSPS) is 20.0. The van der Waals surface area contributed by atoms with Gasteiger partial charge in [-0.2, -0.15) is 0 Å². The van der Waals surface area contributed by atoms with Gasteiger partial charge in [0.2, 0.25) is 5.91 Å². The lowest BCUT2D eigenvalue weighted by molar-refractivity contribution is -0.127. The Balaban J connectivity index is 1.20. The van der Waals surface area contributed by atoms with Crippen LogP contribution in [0.4, 0.5) is 0 Å². The molecule has 0 aromatic heterocycles. The van der Waals surface area contributed by atoms with E-state index in [1.54, 1.807) is 0 Å². The van der Waals surface area contributed by atoms with E-state index in [0.717, 1.165) is 48.4 Å². The van der Waals surface area contributed by atoms with Gasteiger partial charge in [0.25, 0.3) is 0 Å². The molecule has 6 heteroatoms. The van der Waals surface area contributed by atoms with E-state index in [1.165, 1.54) is 5.56 Å². The zero-order valence-corrected chi connectivity index (χ0v) is 17.4. The number of nitrogens with one attached hydrogen (secondary N) is 1. The summed E-state index contributed by atoms with van der Waals surface area (Å²) >= 11 is 3.47. The summed E-state index contributed by atoms with van der Waals surface area (Å²) in [7, 11) is 0. The van der Waals surface area contributed by atoms with Crippen LogP contribution in [0.15, 0.2) is 53.0 Å². The van der Waals surface area contributed by atoms with Gasteiger partial charge in [0.1, 0.15) is 12.7 Å². The molecule has 0 aliphatic carbocycles. The van der Waals surface area contributed by atoms with E-state index in [9.17, 15) is 4.79 Å². The lowest BCUT2D eigenvalue weighted by Crippen LogP contribution is -2.45. The number of halogens is 1. The monoisotopic (exact) mass is 444 g/mol. The Kier molecular flexibility index (Phi) is 6.17. The Labute approximate surface area is 174 Å². The smallest absolute Gasteiger partial charge is 0.223 e. The van der Waals surface area contributed by atoms with Gasteiger partial charge in [0.05, 0.1) is 6.54 Å². The number of para-hydroxylation sites is 2. The lowest BCUT2D eigenvalue weighted by Gasteiger charge is -2.32. The molecule has 2 aliphatic heterocycles. The number of hydrogen-bond donors (Lipinski definition) is 1. The van der Waals surface area contributed by atoms with Crippen LogP contribution in [-0.4, -0.2) is 43.2 Å². The maximum Gasteiger partial charge on any atom is 0.223 e. The molecule has 28 heavy (non-hydrogen) atoms. The number of nitrogens with zero attached hydrogens (tertiary/aromatic N) is 1. The summed E-state index contributed by atoms with van der Waals surface area (Å²) in [6.07, 6.45) is 1.65. The highest BCUT2D eigenvalue weighted by Crippen LogP contribution is 2.30. The van der Waals surface area contributed by atoms with Crippen molar-refractivity contribution in [2.75, 3.05) is 26.2 Å². The second-order valence-electron chi connectivity index (χ2n) is 7.42. The first-order valence-corrected chi connectivity index (χ1v) is 10.6. The van der Waals surface area contributed by atoms with Crippen molar-refractivity contribution in [1.29, 1.82) is 0 Å². The molecule has 0 bridgehead atoms. The second kappa shape index (κ2) is 8.97. The number of likely N-dealkylation sites (tertiary alicyclic amines) is 1. The van der Waals surface area contributed by atoms with Crippen molar-refractivity contribution in [3.8, 4) is 11.5 Å². The number of hydrogen-bond acceptors (Lipinski definition) is 4. The van der Waals surface area contributed by atoms with Gasteiger partial charge in [-0.25, -0.2) is 0 Å². The van der Waals surface area contributed by atoms with Gasteiger partial charge in [-0.1, -0.05) is 40.2 Å². The first-order valence-electron chi connectivity index (χ1n) is 9.80. The summed E-state index contributed by atoms with van der Waals surface area (Å²) in [5, 5.41) is 3.06. The van der Waals surface area contributed by atoms with E-state index < -0.39 is 0 Å². The van der Waals surface area contributed by atoms with Crippen molar-refractivity contribution in [3.63, 3.8) is 0 Å². The van der Waals surface area contributed by atoms with Crippen LogP contribution in [0.5, 0.6) is 11.5 Å². The minimum atomic E-state index is -0.142. The van der Waals surface area contributed by atoms with Crippen LogP contribution < -0.4 is 14.8 Å². The highest BCUT2D eigenvalue weighted by atomic mass is 79.9. The van der Waals surface area contributed by atoms with Crippen molar-refractivity contribution in [2.24, 2.45) is 5.92 Å². The fraction of sp³-hybridized carbons (Fsp3) is 0.409. The van der Waals surface area contributed by atoms with Gasteiger partial charge >= 0.3 is 0 Å². The molecule has 2 aromatic rings. The number of carbonyl (C=O) groups excluding carboxylic acids is 1. The van der Waals surface area contributed by atoms with Gasteiger partial charge in [0, 0.05) is 16.9 Å². The zero-order chi connectivity index (χ0) is 19.3. The van der Waals surface area contributed by atoms with Gasteiger partial charge in [-0.05, 0) is 55.8 Å². The van der Waals surface area contributed by atoms with Gasteiger partial charge in [-0.3, -0.25) is 9.69 Å². The molecule has 2 heterocycles. The summed E-state index contributed by atoms with van der Waals surface area (Å²) in [6.45, 7) is 3.78. The van der Waals surface area contributed by atoms with Gasteiger partial charge in [-0.15, -0.1) is 0 Å². The van der Waals surface area contributed by atoms with Gasteiger partial charge in [0.15, 0.2) is 11.5 Å². The highest BCUT2D eigenvalue weighted by Gasteiger charge is 2.27. The molecule has 0 radical (unpaired) electrons. The molecule has 2 aliphatic rings. The van der Waals surface area contributed by atoms with Gasteiger partial charge < -0.3 is 14.8 Å². The molecule has 4 rings (SSSR count). The van der Waals surface area contributed by atoms with E-state index >= 15 is 0 Å². The van der Waals surface area contributed by atoms with Crippen molar-refractivity contribution >= 4 is 21.8 Å². The van der Waals surface area contributed by atoms with Crippen molar-refractivity contribution in [2.45, 2.75) is 25.5 Å². The quantitative estimate of drug-likeness (QED) is 0.764. The van der Waals surface area contributed by atoms with Crippen LogP contribution in [0.1, 0.15) is 18.4 Å². The van der Waals surface area contributed by atoms with E-state index in [0.29, 0.717) is 13.2 Å². The van der Waals surface area contributed by atoms with Crippen LogP contribution >= 0.6 is 15.9 Å². The minimum Gasteiger partial charge on any atom is -0.486 e. The number of benzene rings is 2. The van der Waals surface area contributed by atoms with Crippen molar-refractivity contribution in [1.82, 2.24) is 10.2 Å². The summed E-state index contributed by atoms with van der Waals surface area (Å²) in [5.41, 5.74) is 1.31. The van der Waals surface area contributed by atoms with Crippen molar-refractivity contribution < 1.29 is 14.3 Å². The fourth-order valence-electron chi connectivity index (χ4n) is 3.72. The molecule has 1 saturated heterocycles. The Morgan fingerprint density at radius 1 is 1.07 bits per heavy atom. The molecule has 1 unspecified atom stereocenters. The number of piperidine rings is 1. The summed E-state index contributed by atoms with van der Waals surface area (Å²) < 4.78 is 12.7. The first kappa shape index (κ1) is 19.3. The first-order chi connectivity index (χ1) is 13.7. The minimum absolute atomic E-state index is 0.0814. The summed E-state index contributed by atoms with van der Waals surface area (Å²) in [5.74, 6) is 1.72. The maximum atomic E-state index is 12.6. The summed E-state index contributed by atoms with van der Waals surface area (Å²) in [4.78, 5) is 15.0. The molecule has 1 N–H and O–H groups in total. The van der Waals surface area contributed by atoms with Crippen molar-refractivity contribution in [3.05, 3.63) is 58.6 Å². The Morgan fingerprint density at radius 3 is 2.54 bits per heavy atom. The molecule has 1 amide bonds. The Bertz CT molecular complexity index is 804. The van der Waals surface area contributed by atoms with Crippen LogP contribution in [0.25, 0.3) is 0 Å². The maximum absolute atomic E-state index is 12.6. The third-order valence-corrected chi connectivity index (χ3v) is 5.88. The molecule has 0 saturated carbocycles. The molecule has 2 aromatic carbocycles. The number of rotatable bonds is 5. The van der Waals surface area contributed by atoms with Crippen LogP contribution in [0, 0.1) is 5.92 Å². The zero-order valence-electron chi connectivity index (χ0n) is 15.8. The third kappa shape index (κ3) is 4.86. The fourth-order valence-corrected chi connectivity index (χ4v) is 3.99. The molecule has 1 atom stereocenters. The largest absolute Gasteiger partial charge is 0.486 e. The predicted octanol–water partition coefficient (Wildman–Crippen LogP) is 3.62. The van der Waals surface area contributed by atoms with Crippen LogP contribution in [-0.2, 0) is 11.3 Å². The Morgan fingerprint density at radius 2 is 1.79 bits per heavy atom. The average Bonchev–Trinajstić information content (AvgIpc) is 2.74. The number of fused-ring (bicyclic) bond motifs is 1. The number of ether oxygens (including phenoxy) is 2. The molecular formula is C22H25BrN2O3. The standard InChI is InChI=1S/C22H25BrN2O3/c23-18-7-5-16(6-8-18)14-25-11-9-17(10-12-25)22(26)24-13-19-15-27-20-3-1-2-4-21(20)28-19/h1-8,17,19H,9-15H2,(H,24,26). The molecule has 1 fully saturated rings. The lowest BCUT2D eigenvalue weighted by atomic mass is 9.95. The third-order valence-electron chi connectivity index (χ3n) is 5.35. The van der Waals surface area contributed by atoms with E-state index in [-0.39, 0.29) is 17.9 Å². The molecular weight excluding hydrogens is 420 g/mol. The molecule has 5 nitrogen and oxygen atoms in total. The molecule has 148 valence electrons. The topological polar surface area (TPSA) is 50.8 Å². The highest BCUT2D eigenvalue weighted by molar-refractivity contribution is 9.10. The number of amides is 1. The van der Waals surface area contributed by atoms with E-state index in [1.807, 2.05) is 24.3 Å². The average molecular weight is 445 g/mol. The second-order valence-corrected chi connectivity index (χ2v) is 8.34. The Hall–Kier alpha value is -2.05. The van der Waals surface area contributed by atoms with E-state index in [4.69, 9.17) is 9.47 Å². The van der Waals surface area contributed by atoms with Crippen LogP contribution in [0.2, 0.25) is 0 Å². The SMILES string of the molecule is O=C(NCC1COc2ccccc2O1)C1CCN(Cc2ccc(Br)cc2)CC1. The summed E-state index contributed by atoms with van der Waals surface area (Å²) in [6, 6.07) is 16.1. The predicted molar refractivity (Wildman–Crippen MR) is 112 cm³/mol. The molecule has 0 spiro atoms. The van der Waals surface area contributed by atoms with E-state index in [2.05, 4.69) is 50.4 Å².